The first-order valence-corrected chi connectivity index (χ1v) is 12.6. The number of carbonyl (C=O) groups excluding carboxylic acids is 1. The average Bonchev–Trinajstić information content (AvgIpc) is 3.17. The summed E-state index contributed by atoms with van der Waals surface area (Å²) in [4.78, 5) is 18.5. The number of ketones is 1. The topological polar surface area (TPSA) is 47.9 Å². The molecule has 1 aromatic carbocycles. The van der Waals surface area contributed by atoms with Gasteiger partial charge >= 0.3 is 0 Å². The van der Waals surface area contributed by atoms with Crippen LogP contribution in [0.2, 0.25) is 18.1 Å². The molecule has 0 amide bonds. The second-order valence-electron chi connectivity index (χ2n) is 9.06. The predicted octanol–water partition coefficient (Wildman–Crippen LogP) is 5.20. The van der Waals surface area contributed by atoms with E-state index in [1.165, 1.54) is 0 Å². The van der Waals surface area contributed by atoms with Crippen molar-refractivity contribution < 1.29 is 14.1 Å². The summed E-state index contributed by atoms with van der Waals surface area (Å²) in [7, 11) is -2.04. The van der Waals surface area contributed by atoms with Crippen molar-refractivity contribution in [2.45, 2.75) is 76.8 Å². The quantitative estimate of drug-likeness (QED) is 0.508. The molecule has 1 aliphatic carbocycles. The largest absolute Gasteiger partial charge is 0.408 e. The normalized spacial score (nSPS) is 24.0. The molecule has 0 bridgehead atoms. The van der Waals surface area contributed by atoms with Gasteiger partial charge in [-0.3, -0.25) is 4.79 Å². The van der Waals surface area contributed by atoms with E-state index in [0.29, 0.717) is 12.3 Å². The van der Waals surface area contributed by atoms with Gasteiger partial charge in [-0.1, -0.05) is 56.3 Å². The Hall–Kier alpha value is -1.46. The summed E-state index contributed by atoms with van der Waals surface area (Å²) < 4.78 is 6.69. The Balaban J connectivity index is 1.83. The average molecular weight is 374 g/mol. The van der Waals surface area contributed by atoms with Crippen molar-refractivity contribution in [3.8, 4) is 0 Å². The maximum absolute atomic E-state index is 12.9. The molecule has 0 radical (unpaired) electrons. The van der Waals surface area contributed by atoms with E-state index in [-0.39, 0.29) is 23.0 Å². The van der Waals surface area contributed by atoms with Crippen molar-refractivity contribution in [3.63, 3.8) is 0 Å². The van der Waals surface area contributed by atoms with Gasteiger partial charge in [-0.25, -0.2) is 0 Å². The van der Waals surface area contributed by atoms with Crippen LogP contribution in [0.1, 0.15) is 56.8 Å². The van der Waals surface area contributed by atoms with Crippen molar-refractivity contribution in [2.24, 2.45) is 11.1 Å². The van der Waals surface area contributed by atoms with E-state index < -0.39 is 8.32 Å². The lowest BCUT2D eigenvalue weighted by molar-refractivity contribution is 0.0746. The molecular weight excluding hydrogens is 342 g/mol. The summed E-state index contributed by atoms with van der Waals surface area (Å²) in [5, 5.41) is 4.47. The Labute approximate surface area is 158 Å². The minimum absolute atomic E-state index is 0.0795. The van der Waals surface area contributed by atoms with Crippen molar-refractivity contribution in [1.29, 1.82) is 0 Å². The number of hydrogen-bond acceptors (Lipinski definition) is 4. The molecule has 1 aromatic rings. The fourth-order valence-corrected chi connectivity index (χ4v) is 4.80. The zero-order valence-electron chi connectivity index (χ0n) is 16.6. The molecule has 1 aliphatic heterocycles. The lowest BCUT2D eigenvalue weighted by Crippen LogP contribution is -2.47. The maximum Gasteiger partial charge on any atom is 0.192 e. The van der Waals surface area contributed by atoms with Crippen LogP contribution in [0.5, 0.6) is 0 Å². The molecule has 3 atom stereocenters. The Morgan fingerprint density at radius 2 is 1.96 bits per heavy atom. The number of nitrogens with zero attached hydrogens (tertiary/aromatic N) is 1. The molecule has 0 saturated heterocycles. The second-order valence-corrected chi connectivity index (χ2v) is 13.8. The van der Waals surface area contributed by atoms with Crippen molar-refractivity contribution in [2.75, 3.05) is 0 Å². The molecule has 1 fully saturated rings. The fourth-order valence-electron chi connectivity index (χ4n) is 3.53. The Morgan fingerprint density at radius 3 is 2.62 bits per heavy atom. The number of Topliss-reactive ketones (excluding diaryl/α,β-unsaturated/α-hetero) is 1. The molecule has 0 unspecified atom stereocenters. The van der Waals surface area contributed by atoms with Gasteiger partial charge in [-0.2, -0.15) is 0 Å². The van der Waals surface area contributed by atoms with Crippen LogP contribution in [0.3, 0.4) is 0 Å². The van der Waals surface area contributed by atoms with Gasteiger partial charge in [-0.05, 0) is 37.4 Å². The summed E-state index contributed by atoms with van der Waals surface area (Å²) in [6.45, 7) is 11.1. The van der Waals surface area contributed by atoms with E-state index in [0.717, 1.165) is 30.5 Å². The predicted molar refractivity (Wildman–Crippen MR) is 107 cm³/mol. The van der Waals surface area contributed by atoms with Crippen LogP contribution < -0.4 is 0 Å². The van der Waals surface area contributed by atoms with Gasteiger partial charge in [0, 0.05) is 17.9 Å². The minimum Gasteiger partial charge on any atom is -0.408 e. The third-order valence-electron chi connectivity index (χ3n) is 6.17. The molecule has 3 rings (SSSR count). The first-order valence-electron chi connectivity index (χ1n) is 9.69. The van der Waals surface area contributed by atoms with Crippen LogP contribution in [-0.4, -0.2) is 32.0 Å². The molecule has 1 saturated carbocycles. The molecule has 2 aliphatic rings. The highest BCUT2D eigenvalue weighted by Gasteiger charge is 2.46. The second kappa shape index (κ2) is 7.28. The van der Waals surface area contributed by atoms with E-state index in [1.807, 2.05) is 30.3 Å². The van der Waals surface area contributed by atoms with E-state index in [1.54, 1.807) is 0 Å². The smallest absolute Gasteiger partial charge is 0.192 e. The SMILES string of the molecule is CC(C)(C)[Si](C)(C)O[C@@H](CC(=O)c1ccccc1)C1=NO[C@H]2CCC[C@@H]12. The summed E-state index contributed by atoms with van der Waals surface area (Å²) >= 11 is 0. The lowest BCUT2D eigenvalue weighted by atomic mass is 9.92. The van der Waals surface area contributed by atoms with Gasteiger partial charge in [0.25, 0.3) is 0 Å². The molecule has 26 heavy (non-hydrogen) atoms. The van der Waals surface area contributed by atoms with E-state index in [9.17, 15) is 4.79 Å². The van der Waals surface area contributed by atoms with Gasteiger partial charge in [0.2, 0.25) is 0 Å². The molecule has 5 heteroatoms. The third kappa shape index (κ3) is 3.94. The molecule has 0 N–H and O–H groups in total. The first kappa shape index (κ1) is 19.3. The zero-order valence-corrected chi connectivity index (χ0v) is 17.6. The van der Waals surface area contributed by atoms with Gasteiger partial charge in [0.15, 0.2) is 14.1 Å². The number of benzene rings is 1. The van der Waals surface area contributed by atoms with Crippen LogP contribution in [0.25, 0.3) is 0 Å². The van der Waals surface area contributed by atoms with Gasteiger partial charge in [0.05, 0.1) is 11.8 Å². The van der Waals surface area contributed by atoms with Gasteiger partial charge in [-0.15, -0.1) is 0 Å². The fraction of sp³-hybridized carbons (Fsp3) is 0.619. The first-order chi connectivity index (χ1) is 12.2. The highest BCUT2D eigenvalue weighted by Crippen LogP contribution is 2.41. The number of rotatable bonds is 6. The van der Waals surface area contributed by atoms with Crippen LogP contribution in [0.15, 0.2) is 35.5 Å². The van der Waals surface area contributed by atoms with Gasteiger partial charge < -0.3 is 9.26 Å². The van der Waals surface area contributed by atoms with Crippen LogP contribution in [0, 0.1) is 5.92 Å². The lowest BCUT2D eigenvalue weighted by Gasteiger charge is -2.39. The molecule has 4 nitrogen and oxygen atoms in total. The van der Waals surface area contributed by atoms with Crippen LogP contribution in [0.4, 0.5) is 0 Å². The number of fused-ring (bicyclic) bond motifs is 1. The van der Waals surface area contributed by atoms with Crippen LogP contribution >= 0.6 is 0 Å². The molecular formula is C21H31NO3Si. The highest BCUT2D eigenvalue weighted by atomic mass is 28.4. The summed E-state index contributed by atoms with van der Waals surface area (Å²) in [6, 6.07) is 9.48. The zero-order chi connectivity index (χ0) is 18.9. The van der Waals surface area contributed by atoms with Gasteiger partial charge in [0.1, 0.15) is 6.10 Å². The highest BCUT2D eigenvalue weighted by molar-refractivity contribution is 6.74. The summed E-state index contributed by atoms with van der Waals surface area (Å²) in [5.74, 6) is 0.423. The van der Waals surface area contributed by atoms with E-state index >= 15 is 0 Å². The number of oxime groups is 1. The van der Waals surface area contributed by atoms with Crippen molar-refractivity contribution >= 4 is 19.8 Å². The maximum atomic E-state index is 12.9. The monoisotopic (exact) mass is 373 g/mol. The van der Waals surface area contributed by atoms with Crippen molar-refractivity contribution in [1.82, 2.24) is 0 Å². The Morgan fingerprint density at radius 1 is 1.27 bits per heavy atom. The van der Waals surface area contributed by atoms with E-state index in [4.69, 9.17) is 9.26 Å². The molecule has 142 valence electrons. The number of carbonyl (C=O) groups is 1. The molecule has 1 heterocycles. The van der Waals surface area contributed by atoms with Crippen LogP contribution in [-0.2, 0) is 9.26 Å². The number of hydrogen-bond donors (Lipinski definition) is 0. The Kier molecular flexibility index (Phi) is 5.40. The minimum atomic E-state index is -2.04. The summed E-state index contributed by atoms with van der Waals surface area (Å²) in [6.07, 6.45) is 3.53. The standard InChI is InChI=1S/C21H31NO3Si/c1-21(2,3)26(4,5)25-19(14-17(23)15-10-7-6-8-11-15)20-16-12-9-13-18(16)24-22-20/h6-8,10-11,16,18-19H,9,12-14H2,1-5H3/t16-,18+,19+/m1/s1. The summed E-state index contributed by atoms with van der Waals surface area (Å²) in [5.41, 5.74) is 1.69. The Bertz CT molecular complexity index is 678. The molecule has 0 spiro atoms. The molecule has 0 aromatic heterocycles. The third-order valence-corrected chi connectivity index (χ3v) is 10.7. The van der Waals surface area contributed by atoms with E-state index in [2.05, 4.69) is 39.0 Å². The van der Waals surface area contributed by atoms with Crippen molar-refractivity contribution in [3.05, 3.63) is 35.9 Å².